The Morgan fingerprint density at radius 1 is 1.04 bits per heavy atom. The highest BCUT2D eigenvalue weighted by Crippen LogP contribution is 2.26. The van der Waals surface area contributed by atoms with Crippen molar-refractivity contribution in [3.8, 4) is 0 Å². The highest BCUT2D eigenvalue weighted by atomic mass is 35.5. The average Bonchev–Trinajstić information content (AvgIpc) is 2.63. The number of methoxy groups -OCH3 is 1. The van der Waals surface area contributed by atoms with Crippen molar-refractivity contribution in [2.45, 2.75) is 6.04 Å². The number of carbonyl (C=O) groups is 1. The van der Waals surface area contributed by atoms with Gasteiger partial charge in [0, 0.05) is 36.9 Å². The normalized spacial score (nSPS) is 16.7. The van der Waals surface area contributed by atoms with Gasteiger partial charge in [-0.1, -0.05) is 48.0 Å². The Morgan fingerprint density at radius 3 is 2.38 bits per heavy atom. The second-order valence-corrected chi connectivity index (χ2v) is 6.28. The summed E-state index contributed by atoms with van der Waals surface area (Å²) in [6.45, 7) is 3.28. The molecule has 0 radical (unpaired) electrons. The minimum absolute atomic E-state index is 0.211. The van der Waals surface area contributed by atoms with Crippen LogP contribution in [0.2, 0.25) is 5.02 Å². The molecule has 0 bridgehead atoms. The summed E-state index contributed by atoms with van der Waals surface area (Å²) in [5.74, 6) is -0.211. The number of halogens is 1. The number of ether oxygens (including phenoxy) is 1. The number of hydrogen-bond acceptors (Lipinski definition) is 4. The number of hydrogen-bond donors (Lipinski definition) is 0. The molecule has 0 amide bonds. The van der Waals surface area contributed by atoms with Crippen molar-refractivity contribution in [3.05, 3.63) is 65.2 Å². The molecule has 1 atom stereocenters. The van der Waals surface area contributed by atoms with Crippen LogP contribution in [-0.2, 0) is 9.53 Å². The quantitative estimate of drug-likeness (QED) is 0.796. The van der Waals surface area contributed by atoms with E-state index in [4.69, 9.17) is 16.3 Å². The molecule has 2 aromatic carbocycles. The van der Waals surface area contributed by atoms with Gasteiger partial charge >= 0.3 is 5.97 Å². The molecule has 1 saturated heterocycles. The van der Waals surface area contributed by atoms with Crippen molar-refractivity contribution in [1.29, 1.82) is 0 Å². The predicted molar refractivity (Wildman–Crippen MR) is 96.4 cm³/mol. The van der Waals surface area contributed by atoms with Crippen molar-refractivity contribution < 1.29 is 9.53 Å². The summed E-state index contributed by atoms with van der Waals surface area (Å²) in [6.07, 6.45) is 0. The van der Waals surface area contributed by atoms with E-state index in [0.29, 0.717) is 0 Å². The molecule has 2 aromatic rings. The van der Waals surface area contributed by atoms with Crippen LogP contribution in [0.15, 0.2) is 54.6 Å². The highest BCUT2D eigenvalue weighted by Gasteiger charge is 2.31. The molecule has 24 heavy (non-hydrogen) atoms. The summed E-state index contributed by atoms with van der Waals surface area (Å²) >= 11 is 6.09. The number of piperazine rings is 1. The van der Waals surface area contributed by atoms with Gasteiger partial charge < -0.3 is 9.64 Å². The zero-order valence-corrected chi connectivity index (χ0v) is 14.4. The number of esters is 1. The summed E-state index contributed by atoms with van der Waals surface area (Å²) in [5, 5.41) is 0.742. The summed E-state index contributed by atoms with van der Waals surface area (Å²) in [5.41, 5.74) is 2.09. The standard InChI is InChI=1S/C19H21ClN2O2/c1-24-19(23)18(15-6-3-2-4-7-15)22-12-10-21(11-13-22)17-9-5-8-16(20)14-17/h2-9,14,18H,10-13H2,1H3. The number of anilines is 1. The van der Waals surface area contributed by atoms with E-state index in [1.165, 1.54) is 7.11 Å². The molecule has 1 unspecified atom stereocenters. The first-order valence-electron chi connectivity index (χ1n) is 8.06. The molecule has 0 saturated carbocycles. The number of rotatable bonds is 4. The average molecular weight is 345 g/mol. The summed E-state index contributed by atoms with van der Waals surface area (Å²) in [7, 11) is 1.44. The zero-order chi connectivity index (χ0) is 16.9. The summed E-state index contributed by atoms with van der Waals surface area (Å²) in [4.78, 5) is 16.8. The third-order valence-electron chi connectivity index (χ3n) is 4.39. The highest BCUT2D eigenvalue weighted by molar-refractivity contribution is 6.30. The van der Waals surface area contributed by atoms with Crippen LogP contribution in [0.1, 0.15) is 11.6 Å². The molecule has 3 rings (SSSR count). The molecule has 1 heterocycles. The van der Waals surface area contributed by atoms with E-state index in [-0.39, 0.29) is 12.0 Å². The lowest BCUT2D eigenvalue weighted by molar-refractivity contribution is -0.147. The fraction of sp³-hybridized carbons (Fsp3) is 0.316. The van der Waals surface area contributed by atoms with Crippen LogP contribution in [-0.4, -0.2) is 44.2 Å². The Morgan fingerprint density at radius 2 is 1.75 bits per heavy atom. The SMILES string of the molecule is COC(=O)C(c1ccccc1)N1CCN(c2cccc(Cl)c2)CC1. The lowest BCUT2D eigenvalue weighted by Gasteiger charge is -2.39. The van der Waals surface area contributed by atoms with Gasteiger partial charge in [0.2, 0.25) is 0 Å². The lowest BCUT2D eigenvalue weighted by Crippen LogP contribution is -2.49. The van der Waals surface area contributed by atoms with Crippen LogP contribution in [0, 0.1) is 0 Å². The van der Waals surface area contributed by atoms with Gasteiger partial charge in [-0.25, -0.2) is 4.79 Å². The second kappa shape index (κ2) is 7.69. The van der Waals surface area contributed by atoms with Gasteiger partial charge in [0.1, 0.15) is 6.04 Å². The first kappa shape index (κ1) is 16.8. The van der Waals surface area contributed by atoms with Crippen LogP contribution in [0.4, 0.5) is 5.69 Å². The van der Waals surface area contributed by atoms with Gasteiger partial charge in [0.05, 0.1) is 7.11 Å². The molecule has 1 fully saturated rings. The smallest absolute Gasteiger partial charge is 0.327 e. The fourth-order valence-corrected chi connectivity index (χ4v) is 3.34. The fourth-order valence-electron chi connectivity index (χ4n) is 3.15. The van der Waals surface area contributed by atoms with Crippen LogP contribution < -0.4 is 4.90 Å². The van der Waals surface area contributed by atoms with Gasteiger partial charge in [-0.2, -0.15) is 0 Å². The van der Waals surface area contributed by atoms with E-state index in [2.05, 4.69) is 15.9 Å². The van der Waals surface area contributed by atoms with Gasteiger partial charge in [0.15, 0.2) is 0 Å². The molecule has 0 aromatic heterocycles. The third kappa shape index (κ3) is 3.71. The molecule has 126 valence electrons. The van der Waals surface area contributed by atoms with Crippen LogP contribution in [0.5, 0.6) is 0 Å². The van der Waals surface area contributed by atoms with E-state index in [1.54, 1.807) is 0 Å². The maximum atomic E-state index is 12.3. The van der Waals surface area contributed by atoms with E-state index in [0.717, 1.165) is 42.5 Å². The molecule has 0 N–H and O–H groups in total. The van der Waals surface area contributed by atoms with Gasteiger partial charge in [-0.05, 0) is 23.8 Å². The lowest BCUT2D eigenvalue weighted by atomic mass is 10.0. The van der Waals surface area contributed by atoms with Crippen molar-refractivity contribution in [1.82, 2.24) is 4.90 Å². The molecule has 4 nitrogen and oxygen atoms in total. The first-order chi connectivity index (χ1) is 11.7. The molecule has 1 aliphatic rings. The molecule has 0 spiro atoms. The van der Waals surface area contributed by atoms with Crippen molar-refractivity contribution in [2.24, 2.45) is 0 Å². The van der Waals surface area contributed by atoms with E-state index in [1.807, 2.05) is 48.5 Å². The topological polar surface area (TPSA) is 32.8 Å². The van der Waals surface area contributed by atoms with Crippen molar-refractivity contribution in [3.63, 3.8) is 0 Å². The molecular formula is C19H21ClN2O2. The summed E-state index contributed by atoms with van der Waals surface area (Å²) in [6, 6.07) is 17.3. The van der Waals surface area contributed by atoms with E-state index >= 15 is 0 Å². The Balaban J connectivity index is 1.73. The molecular weight excluding hydrogens is 324 g/mol. The van der Waals surface area contributed by atoms with Gasteiger partial charge in [-0.15, -0.1) is 0 Å². The van der Waals surface area contributed by atoms with Crippen molar-refractivity contribution >= 4 is 23.3 Å². The molecule has 5 heteroatoms. The van der Waals surface area contributed by atoms with Crippen LogP contribution in [0.3, 0.4) is 0 Å². The molecule has 0 aliphatic carbocycles. The zero-order valence-electron chi connectivity index (χ0n) is 13.7. The molecule has 1 aliphatic heterocycles. The number of benzene rings is 2. The Bertz CT molecular complexity index is 685. The van der Waals surface area contributed by atoms with E-state index < -0.39 is 0 Å². The number of carbonyl (C=O) groups excluding carboxylic acids is 1. The Kier molecular flexibility index (Phi) is 5.38. The van der Waals surface area contributed by atoms with Crippen molar-refractivity contribution in [2.75, 3.05) is 38.2 Å². The third-order valence-corrected chi connectivity index (χ3v) is 4.63. The first-order valence-corrected chi connectivity index (χ1v) is 8.44. The monoisotopic (exact) mass is 344 g/mol. The minimum Gasteiger partial charge on any atom is -0.468 e. The Labute approximate surface area is 147 Å². The largest absolute Gasteiger partial charge is 0.468 e. The summed E-state index contributed by atoms with van der Waals surface area (Å²) < 4.78 is 5.04. The number of nitrogens with zero attached hydrogens (tertiary/aromatic N) is 2. The maximum Gasteiger partial charge on any atom is 0.327 e. The van der Waals surface area contributed by atoms with Crippen LogP contribution in [0.25, 0.3) is 0 Å². The van der Waals surface area contributed by atoms with Gasteiger partial charge in [-0.3, -0.25) is 4.90 Å². The predicted octanol–water partition coefficient (Wildman–Crippen LogP) is 3.38. The van der Waals surface area contributed by atoms with E-state index in [9.17, 15) is 4.79 Å². The maximum absolute atomic E-state index is 12.3. The second-order valence-electron chi connectivity index (χ2n) is 5.84. The Hall–Kier alpha value is -2.04. The van der Waals surface area contributed by atoms with Gasteiger partial charge in [0.25, 0.3) is 0 Å². The van der Waals surface area contributed by atoms with Crippen LogP contribution >= 0.6 is 11.6 Å². The minimum atomic E-state index is -0.349.